The lowest BCUT2D eigenvalue weighted by Gasteiger charge is -2.36. The number of benzene rings is 1. The molecule has 0 radical (unpaired) electrons. The van der Waals surface area contributed by atoms with Crippen molar-refractivity contribution in [3.8, 4) is 0 Å². The van der Waals surface area contributed by atoms with Crippen molar-refractivity contribution in [3.05, 3.63) is 54.0 Å². The van der Waals surface area contributed by atoms with E-state index in [0.717, 1.165) is 6.42 Å². The third-order valence-electron chi connectivity index (χ3n) is 5.80. The zero-order chi connectivity index (χ0) is 20.4. The van der Waals surface area contributed by atoms with E-state index in [1.165, 1.54) is 11.8 Å². The van der Waals surface area contributed by atoms with Gasteiger partial charge in [0, 0.05) is 31.9 Å². The van der Waals surface area contributed by atoms with Crippen molar-refractivity contribution in [1.82, 2.24) is 9.80 Å². The number of anilines is 1. The van der Waals surface area contributed by atoms with Gasteiger partial charge in [0.25, 0.3) is 5.91 Å². The van der Waals surface area contributed by atoms with E-state index >= 15 is 0 Å². The number of carbonyl (C=O) groups excluding carboxylic acids is 3. The van der Waals surface area contributed by atoms with Crippen molar-refractivity contribution in [2.45, 2.75) is 26.2 Å². The molecule has 1 aromatic carbocycles. The number of amides is 3. The summed E-state index contributed by atoms with van der Waals surface area (Å²) in [5, 5.41) is 2.90. The van der Waals surface area contributed by atoms with E-state index in [9.17, 15) is 14.4 Å². The van der Waals surface area contributed by atoms with Gasteiger partial charge in [0.2, 0.25) is 11.8 Å². The smallest absolute Gasteiger partial charge is 0.289 e. The summed E-state index contributed by atoms with van der Waals surface area (Å²) in [6.45, 7) is 3.79. The lowest BCUT2D eigenvalue weighted by atomic mass is 10.0. The van der Waals surface area contributed by atoms with E-state index in [1.54, 1.807) is 21.9 Å². The van der Waals surface area contributed by atoms with Crippen LogP contribution in [0.15, 0.2) is 47.1 Å². The monoisotopic (exact) mass is 395 g/mol. The Morgan fingerprint density at radius 2 is 1.66 bits per heavy atom. The molecule has 2 heterocycles. The van der Waals surface area contributed by atoms with Crippen LogP contribution in [-0.2, 0) is 16.0 Å². The molecule has 1 aliphatic carbocycles. The highest BCUT2D eigenvalue weighted by Crippen LogP contribution is 2.48. The van der Waals surface area contributed by atoms with E-state index in [0.29, 0.717) is 50.5 Å². The molecule has 1 saturated carbocycles. The highest BCUT2D eigenvalue weighted by molar-refractivity contribution is 6.13. The lowest BCUT2D eigenvalue weighted by molar-refractivity contribution is -0.143. The first-order valence-electron chi connectivity index (χ1n) is 10.1. The SMILES string of the molecule is CCc1ccc(NC(=O)C2(C(=O)N3CCN(C(=O)c4ccco4)CC3)CC2)cc1. The van der Waals surface area contributed by atoms with E-state index in [-0.39, 0.29) is 17.7 Å². The Labute approximate surface area is 169 Å². The van der Waals surface area contributed by atoms with Crippen LogP contribution in [-0.4, -0.2) is 53.7 Å². The fraction of sp³-hybridized carbons (Fsp3) is 0.409. The Kier molecular flexibility index (Phi) is 5.13. The van der Waals surface area contributed by atoms with Gasteiger partial charge in [-0.05, 0) is 49.1 Å². The van der Waals surface area contributed by atoms with E-state index in [1.807, 2.05) is 24.3 Å². The molecule has 0 unspecified atom stereocenters. The Balaban J connectivity index is 1.35. The summed E-state index contributed by atoms with van der Waals surface area (Å²) < 4.78 is 5.16. The first-order valence-corrected chi connectivity index (χ1v) is 10.1. The molecule has 0 bridgehead atoms. The van der Waals surface area contributed by atoms with Crippen molar-refractivity contribution in [2.75, 3.05) is 31.5 Å². The van der Waals surface area contributed by atoms with E-state index in [4.69, 9.17) is 4.42 Å². The lowest BCUT2D eigenvalue weighted by Crippen LogP contribution is -2.53. The number of furan rings is 1. The van der Waals surface area contributed by atoms with Gasteiger partial charge in [0.05, 0.1) is 6.26 Å². The van der Waals surface area contributed by atoms with Crippen molar-refractivity contribution in [2.24, 2.45) is 5.41 Å². The van der Waals surface area contributed by atoms with Crippen LogP contribution in [0.25, 0.3) is 0 Å². The molecule has 3 amide bonds. The molecule has 2 aromatic rings. The summed E-state index contributed by atoms with van der Waals surface area (Å²) >= 11 is 0. The molecule has 152 valence electrons. The van der Waals surface area contributed by atoms with E-state index in [2.05, 4.69) is 12.2 Å². The number of hydrogen-bond acceptors (Lipinski definition) is 4. The minimum Gasteiger partial charge on any atom is -0.459 e. The van der Waals surface area contributed by atoms with Crippen molar-refractivity contribution in [3.63, 3.8) is 0 Å². The fourth-order valence-electron chi connectivity index (χ4n) is 3.71. The summed E-state index contributed by atoms with van der Waals surface area (Å²) in [6.07, 6.45) is 3.54. The number of hydrogen-bond donors (Lipinski definition) is 1. The van der Waals surface area contributed by atoms with Crippen LogP contribution >= 0.6 is 0 Å². The summed E-state index contributed by atoms with van der Waals surface area (Å²) in [5.41, 5.74) is 0.943. The number of nitrogens with zero attached hydrogens (tertiary/aromatic N) is 2. The van der Waals surface area contributed by atoms with Gasteiger partial charge in [-0.25, -0.2) is 0 Å². The van der Waals surface area contributed by atoms with Crippen LogP contribution in [0.4, 0.5) is 5.69 Å². The van der Waals surface area contributed by atoms with Crippen molar-refractivity contribution < 1.29 is 18.8 Å². The highest BCUT2D eigenvalue weighted by atomic mass is 16.3. The number of rotatable bonds is 5. The maximum atomic E-state index is 13.1. The largest absolute Gasteiger partial charge is 0.459 e. The minimum atomic E-state index is -0.962. The first-order chi connectivity index (χ1) is 14.0. The van der Waals surface area contributed by atoms with Gasteiger partial charge in [-0.2, -0.15) is 0 Å². The number of piperazine rings is 1. The molecule has 1 saturated heterocycles. The second-order valence-corrected chi connectivity index (χ2v) is 7.65. The molecule has 7 nitrogen and oxygen atoms in total. The Bertz CT molecular complexity index is 893. The van der Waals surface area contributed by atoms with Gasteiger partial charge < -0.3 is 19.5 Å². The second kappa shape index (κ2) is 7.73. The fourth-order valence-corrected chi connectivity index (χ4v) is 3.71. The molecule has 1 N–H and O–H groups in total. The van der Waals surface area contributed by atoms with Gasteiger partial charge in [0.1, 0.15) is 5.41 Å². The second-order valence-electron chi connectivity index (χ2n) is 7.65. The quantitative estimate of drug-likeness (QED) is 0.789. The Hall–Kier alpha value is -3.09. The average Bonchev–Trinajstić information content (AvgIpc) is 3.40. The maximum absolute atomic E-state index is 13.1. The molecule has 1 aliphatic heterocycles. The van der Waals surface area contributed by atoms with Gasteiger partial charge in [-0.3, -0.25) is 14.4 Å². The standard InChI is InChI=1S/C22H25N3O4/c1-2-16-5-7-17(8-6-16)23-20(27)22(9-10-22)21(28)25-13-11-24(12-14-25)19(26)18-4-3-15-29-18/h3-8,15H,2,9-14H2,1H3,(H,23,27). The molecule has 0 atom stereocenters. The predicted octanol–water partition coefficient (Wildman–Crippen LogP) is 2.55. The summed E-state index contributed by atoms with van der Waals surface area (Å²) in [7, 11) is 0. The topological polar surface area (TPSA) is 82.9 Å². The third kappa shape index (κ3) is 3.77. The molecule has 1 aromatic heterocycles. The average molecular weight is 395 g/mol. The number of aryl methyl sites for hydroxylation is 1. The van der Waals surface area contributed by atoms with Gasteiger partial charge in [-0.1, -0.05) is 19.1 Å². The van der Waals surface area contributed by atoms with Crippen LogP contribution < -0.4 is 5.32 Å². The molecule has 2 aliphatic rings. The van der Waals surface area contributed by atoms with Gasteiger partial charge in [0.15, 0.2) is 5.76 Å². The van der Waals surface area contributed by atoms with Crippen molar-refractivity contribution in [1.29, 1.82) is 0 Å². The Morgan fingerprint density at radius 1 is 1.00 bits per heavy atom. The van der Waals surface area contributed by atoms with Crippen molar-refractivity contribution >= 4 is 23.4 Å². The van der Waals surface area contributed by atoms with Crippen LogP contribution in [0.3, 0.4) is 0 Å². The van der Waals surface area contributed by atoms with Gasteiger partial charge in [-0.15, -0.1) is 0 Å². The molecule has 0 spiro atoms. The highest BCUT2D eigenvalue weighted by Gasteiger charge is 2.58. The van der Waals surface area contributed by atoms with Crippen LogP contribution in [0.2, 0.25) is 0 Å². The summed E-state index contributed by atoms with van der Waals surface area (Å²) in [4.78, 5) is 41.6. The first kappa shape index (κ1) is 19.2. The Morgan fingerprint density at radius 3 is 2.21 bits per heavy atom. The molecule has 7 heteroatoms. The molecular formula is C22H25N3O4. The zero-order valence-electron chi connectivity index (χ0n) is 16.5. The minimum absolute atomic E-state index is 0.134. The summed E-state index contributed by atoms with van der Waals surface area (Å²) in [6, 6.07) is 11.0. The van der Waals surface area contributed by atoms with Crippen LogP contribution in [0, 0.1) is 5.41 Å². The zero-order valence-corrected chi connectivity index (χ0v) is 16.5. The van der Waals surface area contributed by atoms with Crippen LogP contribution in [0.1, 0.15) is 35.9 Å². The summed E-state index contributed by atoms with van der Waals surface area (Å²) in [5.74, 6) is -0.237. The molecule has 29 heavy (non-hydrogen) atoms. The molecule has 2 fully saturated rings. The number of nitrogens with one attached hydrogen (secondary N) is 1. The normalized spacial score (nSPS) is 17.7. The third-order valence-corrected chi connectivity index (χ3v) is 5.80. The van der Waals surface area contributed by atoms with Crippen LogP contribution in [0.5, 0.6) is 0 Å². The van der Waals surface area contributed by atoms with Gasteiger partial charge >= 0.3 is 0 Å². The molecular weight excluding hydrogens is 370 g/mol. The predicted molar refractivity (Wildman–Crippen MR) is 107 cm³/mol. The maximum Gasteiger partial charge on any atom is 0.289 e. The molecule has 4 rings (SSSR count). The number of carbonyl (C=O) groups is 3. The van der Waals surface area contributed by atoms with E-state index < -0.39 is 5.41 Å².